The van der Waals surface area contributed by atoms with Gasteiger partial charge in [-0.25, -0.2) is 4.79 Å². The molecule has 0 bridgehead atoms. The number of hydrogen-bond acceptors (Lipinski definition) is 5. The van der Waals surface area contributed by atoms with Gasteiger partial charge in [0.2, 0.25) is 0 Å². The highest BCUT2D eigenvalue weighted by Gasteiger charge is 2.13. The Morgan fingerprint density at radius 1 is 1.50 bits per heavy atom. The van der Waals surface area contributed by atoms with E-state index in [0.717, 1.165) is 0 Å². The number of nitro benzene ring substituents is 1. The lowest BCUT2D eigenvalue weighted by Gasteiger charge is -2.09. The van der Waals surface area contributed by atoms with Crippen molar-refractivity contribution in [3.63, 3.8) is 0 Å². The lowest BCUT2D eigenvalue weighted by Crippen LogP contribution is -2.23. The molecule has 8 heteroatoms. The number of carboxylic acid groups (broad SMARTS) is 1. The average molecular weight is 283 g/mol. The molecular formula is C12H17N3O5. The van der Waals surface area contributed by atoms with Crippen molar-refractivity contribution < 1.29 is 19.6 Å². The van der Waals surface area contributed by atoms with Crippen LogP contribution in [0.3, 0.4) is 0 Å². The molecule has 0 heterocycles. The first-order valence-electron chi connectivity index (χ1n) is 6.16. The Balaban J connectivity index is 2.56. The molecule has 110 valence electrons. The molecule has 0 aliphatic rings. The van der Waals surface area contributed by atoms with Crippen LogP contribution in [0.1, 0.15) is 13.3 Å². The SMILES string of the molecule is CCNc1cc(OCCCNC(=O)O)ccc1[N+](=O)[O-]. The van der Waals surface area contributed by atoms with Gasteiger partial charge in [-0.15, -0.1) is 0 Å². The Kier molecular flexibility index (Phi) is 6.08. The third-order valence-corrected chi connectivity index (χ3v) is 2.40. The highest BCUT2D eigenvalue weighted by Crippen LogP contribution is 2.28. The van der Waals surface area contributed by atoms with Crippen LogP contribution in [0.15, 0.2) is 18.2 Å². The molecule has 0 unspecified atom stereocenters. The maximum absolute atomic E-state index is 10.8. The summed E-state index contributed by atoms with van der Waals surface area (Å²) in [7, 11) is 0. The Morgan fingerprint density at radius 2 is 2.25 bits per heavy atom. The van der Waals surface area contributed by atoms with Crippen LogP contribution in [0.2, 0.25) is 0 Å². The number of nitro groups is 1. The van der Waals surface area contributed by atoms with Crippen LogP contribution >= 0.6 is 0 Å². The minimum Gasteiger partial charge on any atom is -0.493 e. The van der Waals surface area contributed by atoms with Crippen molar-refractivity contribution >= 4 is 17.5 Å². The van der Waals surface area contributed by atoms with E-state index in [1.807, 2.05) is 6.92 Å². The molecule has 0 aliphatic heterocycles. The van der Waals surface area contributed by atoms with Gasteiger partial charge in [0.25, 0.3) is 5.69 Å². The zero-order valence-corrected chi connectivity index (χ0v) is 11.1. The minimum absolute atomic E-state index is 0.00764. The molecule has 0 fully saturated rings. The molecule has 1 rings (SSSR count). The van der Waals surface area contributed by atoms with E-state index >= 15 is 0 Å². The van der Waals surface area contributed by atoms with Crippen molar-refractivity contribution in [3.05, 3.63) is 28.3 Å². The van der Waals surface area contributed by atoms with E-state index in [0.29, 0.717) is 37.6 Å². The summed E-state index contributed by atoms with van der Waals surface area (Å²) in [5.41, 5.74) is 0.394. The van der Waals surface area contributed by atoms with Crippen LogP contribution in [0.4, 0.5) is 16.2 Å². The van der Waals surface area contributed by atoms with E-state index < -0.39 is 11.0 Å². The van der Waals surface area contributed by atoms with Gasteiger partial charge < -0.3 is 20.5 Å². The average Bonchev–Trinajstić information content (AvgIpc) is 2.38. The van der Waals surface area contributed by atoms with E-state index in [2.05, 4.69) is 10.6 Å². The van der Waals surface area contributed by atoms with E-state index in [1.54, 1.807) is 6.07 Å². The van der Waals surface area contributed by atoms with Gasteiger partial charge >= 0.3 is 6.09 Å². The fourth-order valence-electron chi connectivity index (χ4n) is 1.55. The Labute approximate surface area is 115 Å². The van der Waals surface area contributed by atoms with Crippen molar-refractivity contribution in [2.75, 3.05) is 25.0 Å². The summed E-state index contributed by atoms with van der Waals surface area (Å²) in [5, 5.41) is 24.3. The summed E-state index contributed by atoms with van der Waals surface area (Å²) in [6, 6.07) is 4.46. The van der Waals surface area contributed by atoms with Gasteiger partial charge in [0, 0.05) is 25.2 Å². The van der Waals surface area contributed by atoms with Crippen LogP contribution in [0, 0.1) is 10.1 Å². The molecular weight excluding hydrogens is 266 g/mol. The first kappa shape index (κ1) is 15.5. The van der Waals surface area contributed by atoms with Gasteiger partial charge in [0.05, 0.1) is 11.5 Å². The third kappa shape index (κ3) is 5.01. The summed E-state index contributed by atoms with van der Waals surface area (Å²) in [5.74, 6) is 0.502. The molecule has 0 aromatic heterocycles. The van der Waals surface area contributed by atoms with Crippen LogP contribution in [-0.2, 0) is 0 Å². The van der Waals surface area contributed by atoms with Gasteiger partial charge in [-0.1, -0.05) is 0 Å². The largest absolute Gasteiger partial charge is 0.493 e. The van der Waals surface area contributed by atoms with Gasteiger partial charge in [-0.3, -0.25) is 10.1 Å². The van der Waals surface area contributed by atoms with Gasteiger partial charge in [0.15, 0.2) is 0 Å². The zero-order valence-electron chi connectivity index (χ0n) is 11.1. The monoisotopic (exact) mass is 283 g/mol. The lowest BCUT2D eigenvalue weighted by molar-refractivity contribution is -0.384. The summed E-state index contributed by atoms with van der Waals surface area (Å²) >= 11 is 0. The molecule has 20 heavy (non-hydrogen) atoms. The number of ether oxygens (including phenoxy) is 1. The van der Waals surface area contributed by atoms with Gasteiger partial charge in [0.1, 0.15) is 11.4 Å². The van der Waals surface area contributed by atoms with E-state index in [1.165, 1.54) is 12.1 Å². The lowest BCUT2D eigenvalue weighted by atomic mass is 10.2. The molecule has 0 aliphatic carbocycles. The number of rotatable bonds is 8. The number of benzene rings is 1. The minimum atomic E-state index is -1.07. The fraction of sp³-hybridized carbons (Fsp3) is 0.417. The maximum atomic E-state index is 10.8. The molecule has 0 radical (unpaired) electrons. The normalized spacial score (nSPS) is 9.85. The first-order chi connectivity index (χ1) is 9.54. The van der Waals surface area contributed by atoms with Crippen LogP contribution in [0.25, 0.3) is 0 Å². The van der Waals surface area contributed by atoms with Crippen molar-refractivity contribution in [1.82, 2.24) is 5.32 Å². The maximum Gasteiger partial charge on any atom is 0.404 e. The summed E-state index contributed by atoms with van der Waals surface area (Å²) in [4.78, 5) is 20.6. The van der Waals surface area contributed by atoms with Crippen LogP contribution in [-0.4, -0.2) is 35.8 Å². The van der Waals surface area contributed by atoms with Gasteiger partial charge in [-0.2, -0.15) is 0 Å². The first-order valence-corrected chi connectivity index (χ1v) is 6.16. The summed E-state index contributed by atoms with van der Waals surface area (Å²) in [6.45, 7) is 3.02. The topological polar surface area (TPSA) is 114 Å². The highest BCUT2D eigenvalue weighted by molar-refractivity contribution is 5.64. The van der Waals surface area contributed by atoms with Gasteiger partial charge in [-0.05, 0) is 19.4 Å². The number of nitrogens with zero attached hydrogens (tertiary/aromatic N) is 1. The molecule has 0 atom stereocenters. The predicted molar refractivity (Wildman–Crippen MR) is 73.4 cm³/mol. The number of amides is 1. The molecule has 0 saturated carbocycles. The Hall–Kier alpha value is -2.51. The third-order valence-electron chi connectivity index (χ3n) is 2.40. The van der Waals surface area contributed by atoms with E-state index in [9.17, 15) is 14.9 Å². The Bertz CT molecular complexity index is 478. The highest BCUT2D eigenvalue weighted by atomic mass is 16.6. The molecule has 3 N–H and O–H groups in total. The quantitative estimate of drug-likeness (QED) is 0.382. The fourth-order valence-corrected chi connectivity index (χ4v) is 1.55. The molecule has 1 amide bonds. The van der Waals surface area contributed by atoms with E-state index in [-0.39, 0.29) is 5.69 Å². The smallest absolute Gasteiger partial charge is 0.404 e. The van der Waals surface area contributed by atoms with E-state index in [4.69, 9.17) is 9.84 Å². The molecule has 0 saturated heterocycles. The zero-order chi connectivity index (χ0) is 15.0. The second-order valence-corrected chi connectivity index (χ2v) is 3.90. The molecule has 1 aromatic carbocycles. The van der Waals surface area contributed by atoms with Crippen molar-refractivity contribution in [3.8, 4) is 5.75 Å². The number of nitrogens with one attached hydrogen (secondary N) is 2. The summed E-state index contributed by atoms with van der Waals surface area (Å²) < 4.78 is 5.41. The molecule has 1 aromatic rings. The second kappa shape index (κ2) is 7.82. The second-order valence-electron chi connectivity index (χ2n) is 3.90. The summed E-state index contributed by atoms with van der Waals surface area (Å²) in [6.07, 6.45) is -0.561. The Morgan fingerprint density at radius 3 is 2.85 bits per heavy atom. The number of anilines is 1. The van der Waals surface area contributed by atoms with Crippen molar-refractivity contribution in [1.29, 1.82) is 0 Å². The number of carbonyl (C=O) groups is 1. The standard InChI is InChI=1S/C12H17N3O5/c1-2-13-10-8-9(4-5-11(10)15(18)19)20-7-3-6-14-12(16)17/h4-5,8,13-14H,2-3,6-7H2,1H3,(H,16,17). The molecule has 8 nitrogen and oxygen atoms in total. The van der Waals surface area contributed by atoms with Crippen molar-refractivity contribution in [2.45, 2.75) is 13.3 Å². The van der Waals surface area contributed by atoms with Crippen LogP contribution < -0.4 is 15.4 Å². The van der Waals surface area contributed by atoms with Crippen LogP contribution in [0.5, 0.6) is 5.75 Å². The predicted octanol–water partition coefficient (Wildman–Crippen LogP) is 2.06. The number of hydrogen-bond donors (Lipinski definition) is 3. The van der Waals surface area contributed by atoms with Crippen molar-refractivity contribution in [2.24, 2.45) is 0 Å². The molecule has 0 spiro atoms.